The van der Waals surface area contributed by atoms with Crippen LogP contribution in [0.15, 0.2) is 11.7 Å². The topological polar surface area (TPSA) is 53.4 Å². The molecule has 5 heteroatoms. The van der Waals surface area contributed by atoms with Crippen LogP contribution in [-0.2, 0) is 0 Å². The van der Waals surface area contributed by atoms with Gasteiger partial charge in [0.05, 0.1) is 11.7 Å². The number of carbonyl (C=O) groups excluding carboxylic acids is 1. The first-order valence-electron chi connectivity index (χ1n) is 4.13. The van der Waals surface area contributed by atoms with Gasteiger partial charge in [-0.3, -0.25) is 9.78 Å². The van der Waals surface area contributed by atoms with Crippen LogP contribution < -0.4 is 0 Å². The molecule has 1 aromatic heterocycles. The van der Waals surface area contributed by atoms with Gasteiger partial charge in [-0.25, -0.2) is 0 Å². The number of rotatable bonds is 3. The Morgan fingerprint density at radius 3 is 3.00 bits per heavy atom. The molecule has 1 fully saturated rings. The lowest BCUT2D eigenvalue weighted by Crippen LogP contribution is -2.33. The lowest BCUT2D eigenvalue weighted by Gasteiger charge is -2.17. The first kappa shape index (κ1) is 8.65. The van der Waals surface area contributed by atoms with Crippen LogP contribution in [0.3, 0.4) is 0 Å². The molecule has 0 atom stereocenters. The molecule has 70 valence electrons. The second kappa shape index (κ2) is 3.43. The van der Waals surface area contributed by atoms with Crippen LogP contribution in [0.4, 0.5) is 0 Å². The van der Waals surface area contributed by atoms with E-state index in [0.29, 0.717) is 4.88 Å². The minimum atomic E-state index is -0.193. The Labute approximate surface area is 79.8 Å². The van der Waals surface area contributed by atoms with Gasteiger partial charge in [0.1, 0.15) is 11.6 Å². The molecule has 1 saturated carbocycles. The van der Waals surface area contributed by atoms with E-state index in [9.17, 15) is 4.79 Å². The van der Waals surface area contributed by atoms with E-state index in [1.807, 2.05) is 0 Å². The summed E-state index contributed by atoms with van der Waals surface area (Å²) in [5, 5.41) is 8.99. The summed E-state index contributed by atoms with van der Waals surface area (Å²) in [5.74, 6) is -0.104. The van der Waals surface area contributed by atoms with Crippen molar-refractivity contribution < 1.29 is 9.90 Å². The zero-order chi connectivity index (χ0) is 9.26. The fourth-order valence-corrected chi connectivity index (χ4v) is 1.77. The Kier molecular flexibility index (Phi) is 2.28. The average Bonchev–Trinajstić information content (AvgIpc) is 2.83. The zero-order valence-electron chi connectivity index (χ0n) is 7.01. The van der Waals surface area contributed by atoms with Gasteiger partial charge in [0, 0.05) is 6.04 Å². The smallest absolute Gasteiger partial charge is 0.267 e. The highest BCUT2D eigenvalue weighted by Crippen LogP contribution is 2.28. The number of hydrogen-bond donors (Lipinski definition) is 1. The van der Waals surface area contributed by atoms with Crippen LogP contribution in [-0.4, -0.2) is 33.7 Å². The highest BCUT2D eigenvalue weighted by atomic mass is 32.1. The molecular weight excluding hydrogens is 188 g/mol. The maximum atomic E-state index is 11.7. The summed E-state index contributed by atoms with van der Waals surface area (Å²) in [6.07, 6.45) is 3.55. The van der Waals surface area contributed by atoms with Gasteiger partial charge in [-0.1, -0.05) is 0 Å². The van der Waals surface area contributed by atoms with E-state index >= 15 is 0 Å². The van der Waals surface area contributed by atoms with Crippen LogP contribution in [0.5, 0.6) is 0 Å². The van der Waals surface area contributed by atoms with Gasteiger partial charge >= 0.3 is 0 Å². The lowest BCUT2D eigenvalue weighted by atomic mass is 10.4. The summed E-state index contributed by atoms with van der Waals surface area (Å²) in [4.78, 5) is 17.6. The maximum absolute atomic E-state index is 11.7. The molecule has 4 nitrogen and oxygen atoms in total. The molecule has 2 rings (SSSR count). The standard InChI is InChI=1S/C8H10N2O2S/c11-5-10(6-1-2-6)8(12)7-3-9-4-13-7/h3-4,6,11H,1-2,5H2. The average molecular weight is 198 g/mol. The van der Waals surface area contributed by atoms with Crippen molar-refractivity contribution in [3.8, 4) is 0 Å². The highest BCUT2D eigenvalue weighted by Gasteiger charge is 2.32. The summed E-state index contributed by atoms with van der Waals surface area (Å²) >= 11 is 1.31. The molecule has 1 N–H and O–H groups in total. The molecule has 0 aromatic carbocycles. The second-order valence-electron chi connectivity index (χ2n) is 3.01. The predicted octanol–water partition coefficient (Wildman–Crippen LogP) is 0.698. The number of carbonyl (C=O) groups is 1. The maximum Gasteiger partial charge on any atom is 0.267 e. The third-order valence-electron chi connectivity index (χ3n) is 2.04. The first-order valence-corrected chi connectivity index (χ1v) is 5.01. The SMILES string of the molecule is O=C(c1cncs1)N(CO)C1CC1. The fourth-order valence-electron chi connectivity index (χ4n) is 1.19. The Morgan fingerprint density at radius 1 is 1.77 bits per heavy atom. The lowest BCUT2D eigenvalue weighted by molar-refractivity contribution is 0.0535. The Bertz CT molecular complexity index is 295. The molecular formula is C8H10N2O2S. The van der Waals surface area contributed by atoms with Crippen LogP contribution in [0, 0.1) is 0 Å². The Hall–Kier alpha value is -0.940. The quantitative estimate of drug-likeness (QED) is 0.727. The van der Waals surface area contributed by atoms with Gasteiger partial charge in [0.15, 0.2) is 0 Å². The number of aromatic nitrogens is 1. The number of hydrogen-bond acceptors (Lipinski definition) is 4. The molecule has 1 heterocycles. The van der Waals surface area contributed by atoms with Gasteiger partial charge in [-0.2, -0.15) is 0 Å². The van der Waals surface area contributed by atoms with Crippen molar-refractivity contribution in [3.63, 3.8) is 0 Å². The normalized spacial score (nSPS) is 15.8. The van der Waals surface area contributed by atoms with Gasteiger partial charge in [-0.15, -0.1) is 11.3 Å². The summed E-state index contributed by atoms with van der Waals surface area (Å²) < 4.78 is 0. The van der Waals surface area contributed by atoms with E-state index < -0.39 is 0 Å². The highest BCUT2D eigenvalue weighted by molar-refractivity contribution is 7.11. The monoisotopic (exact) mass is 198 g/mol. The molecule has 0 saturated heterocycles. The number of aliphatic hydroxyl groups excluding tert-OH is 1. The molecule has 1 aromatic rings. The molecule has 0 spiro atoms. The van der Waals surface area contributed by atoms with Crippen LogP contribution in [0.2, 0.25) is 0 Å². The van der Waals surface area contributed by atoms with E-state index in [0.717, 1.165) is 12.8 Å². The molecule has 0 unspecified atom stereocenters. The van der Waals surface area contributed by atoms with Crippen LogP contribution >= 0.6 is 11.3 Å². The zero-order valence-corrected chi connectivity index (χ0v) is 7.83. The van der Waals surface area contributed by atoms with E-state index in [2.05, 4.69) is 4.98 Å². The van der Waals surface area contributed by atoms with Crippen LogP contribution in [0.1, 0.15) is 22.5 Å². The van der Waals surface area contributed by atoms with E-state index in [4.69, 9.17) is 5.11 Å². The van der Waals surface area contributed by atoms with Gasteiger partial charge in [0.25, 0.3) is 5.91 Å². The van der Waals surface area contributed by atoms with E-state index in [1.165, 1.54) is 22.4 Å². The van der Waals surface area contributed by atoms with Crippen LogP contribution in [0.25, 0.3) is 0 Å². The molecule has 0 radical (unpaired) electrons. The minimum Gasteiger partial charge on any atom is -0.376 e. The second-order valence-corrected chi connectivity index (χ2v) is 3.90. The first-order chi connectivity index (χ1) is 6.33. The predicted molar refractivity (Wildman–Crippen MR) is 48.4 cm³/mol. The summed E-state index contributed by atoms with van der Waals surface area (Å²) in [7, 11) is 0. The summed E-state index contributed by atoms with van der Waals surface area (Å²) in [5.41, 5.74) is 1.62. The summed E-state index contributed by atoms with van der Waals surface area (Å²) in [6.45, 7) is -0.193. The number of nitrogens with zero attached hydrogens (tertiary/aromatic N) is 2. The van der Waals surface area contributed by atoms with E-state index in [1.54, 1.807) is 5.51 Å². The van der Waals surface area contributed by atoms with E-state index in [-0.39, 0.29) is 18.7 Å². The number of aliphatic hydroxyl groups is 1. The third-order valence-corrected chi connectivity index (χ3v) is 2.81. The van der Waals surface area contributed by atoms with Crippen molar-refractivity contribution in [3.05, 3.63) is 16.6 Å². The molecule has 1 amide bonds. The molecule has 1 aliphatic carbocycles. The van der Waals surface area contributed by atoms with Crippen molar-refractivity contribution in [1.29, 1.82) is 0 Å². The molecule has 0 bridgehead atoms. The third kappa shape index (κ3) is 1.71. The van der Waals surface area contributed by atoms with Crippen molar-refractivity contribution in [2.75, 3.05) is 6.73 Å². The van der Waals surface area contributed by atoms with Crippen molar-refractivity contribution in [2.24, 2.45) is 0 Å². The number of amides is 1. The molecule has 1 aliphatic rings. The van der Waals surface area contributed by atoms with Gasteiger partial charge in [0.2, 0.25) is 0 Å². The molecule has 0 aliphatic heterocycles. The molecule has 13 heavy (non-hydrogen) atoms. The summed E-state index contributed by atoms with van der Waals surface area (Å²) in [6, 6.07) is 0.250. The fraction of sp³-hybridized carbons (Fsp3) is 0.500. The number of thiazole rings is 1. The largest absolute Gasteiger partial charge is 0.376 e. The van der Waals surface area contributed by atoms with Crippen molar-refractivity contribution in [1.82, 2.24) is 9.88 Å². The minimum absolute atomic E-state index is 0.104. The van der Waals surface area contributed by atoms with Crippen molar-refractivity contribution in [2.45, 2.75) is 18.9 Å². The van der Waals surface area contributed by atoms with Gasteiger partial charge < -0.3 is 10.0 Å². The Balaban J connectivity index is 2.10. The Morgan fingerprint density at radius 2 is 2.54 bits per heavy atom. The van der Waals surface area contributed by atoms with Gasteiger partial charge in [-0.05, 0) is 12.8 Å². The van der Waals surface area contributed by atoms with Crippen molar-refractivity contribution >= 4 is 17.2 Å².